The first kappa shape index (κ1) is 25.0. The second-order valence-electron chi connectivity index (χ2n) is 9.20. The molecule has 1 unspecified atom stereocenters. The number of rotatable bonds is 8. The van der Waals surface area contributed by atoms with E-state index in [1.807, 2.05) is 4.90 Å². The molecule has 2 saturated heterocycles. The van der Waals surface area contributed by atoms with Crippen LogP contribution in [0.25, 0.3) is 0 Å². The first-order valence-electron chi connectivity index (χ1n) is 11.5. The summed E-state index contributed by atoms with van der Waals surface area (Å²) < 4.78 is 51.4. The monoisotopic (exact) mass is 493 g/mol. The van der Waals surface area contributed by atoms with Gasteiger partial charge in [0.2, 0.25) is 0 Å². The van der Waals surface area contributed by atoms with Crippen LogP contribution < -0.4 is 4.90 Å². The molecule has 1 aromatic carbocycles. The van der Waals surface area contributed by atoms with E-state index in [2.05, 4.69) is 22.4 Å². The van der Waals surface area contributed by atoms with Crippen LogP contribution in [0.4, 0.5) is 18.9 Å². The Balaban J connectivity index is 1.46. The van der Waals surface area contributed by atoms with Crippen molar-refractivity contribution in [2.75, 3.05) is 58.0 Å². The molecule has 0 saturated carbocycles. The Labute approximate surface area is 202 Å². The molecule has 1 atom stereocenters. The second kappa shape index (κ2) is 10.6. The first-order valence-corrected chi connectivity index (χ1v) is 12.4. The van der Waals surface area contributed by atoms with E-state index in [0.717, 1.165) is 38.5 Å². The van der Waals surface area contributed by atoms with Crippen molar-refractivity contribution in [1.29, 1.82) is 5.26 Å². The van der Waals surface area contributed by atoms with Crippen LogP contribution in [0, 0.1) is 22.7 Å². The molecule has 0 amide bonds. The number of alkyl halides is 3. The maximum atomic E-state index is 13.4. The van der Waals surface area contributed by atoms with Gasteiger partial charge in [0.1, 0.15) is 0 Å². The minimum absolute atomic E-state index is 0.0836. The van der Waals surface area contributed by atoms with Crippen LogP contribution in [-0.2, 0) is 22.2 Å². The number of ether oxygens (including phenoxy) is 2. The molecule has 0 radical (unpaired) electrons. The summed E-state index contributed by atoms with van der Waals surface area (Å²) in [6.07, 6.45) is -2.75. The van der Waals surface area contributed by atoms with Gasteiger partial charge in [0, 0.05) is 56.3 Å². The Kier molecular flexibility index (Phi) is 7.83. The lowest BCUT2D eigenvalue weighted by atomic mass is 9.71. The van der Waals surface area contributed by atoms with Gasteiger partial charge in [0.15, 0.2) is 0 Å². The predicted molar refractivity (Wildman–Crippen MR) is 126 cm³/mol. The Morgan fingerprint density at radius 2 is 2.00 bits per heavy atom. The molecule has 1 spiro atoms. The average Bonchev–Trinajstić information content (AvgIpc) is 3.44. The number of likely N-dealkylation sites (tertiary alicyclic amines) is 1. The third-order valence-corrected chi connectivity index (χ3v) is 8.01. The summed E-state index contributed by atoms with van der Waals surface area (Å²) >= 11 is 1.76. The van der Waals surface area contributed by atoms with Crippen LogP contribution in [-0.4, -0.2) is 58.0 Å². The molecule has 0 aliphatic carbocycles. The zero-order chi connectivity index (χ0) is 24.2. The van der Waals surface area contributed by atoms with Gasteiger partial charge in [0.25, 0.3) is 0 Å². The number of hydrogen-bond donors (Lipinski definition) is 0. The van der Waals surface area contributed by atoms with Gasteiger partial charge in [-0.1, -0.05) is 6.07 Å². The van der Waals surface area contributed by atoms with Crippen LogP contribution in [0.15, 0.2) is 35.7 Å². The molecule has 2 aromatic rings. The smallest absolute Gasteiger partial charge is 0.382 e. The van der Waals surface area contributed by atoms with E-state index in [9.17, 15) is 13.2 Å². The van der Waals surface area contributed by atoms with Gasteiger partial charge in [-0.05, 0) is 47.9 Å². The largest absolute Gasteiger partial charge is 0.417 e. The van der Waals surface area contributed by atoms with Crippen LogP contribution in [0.1, 0.15) is 28.8 Å². The first-order chi connectivity index (χ1) is 16.3. The SMILES string of the molecule is COCCOCC1CN(Cc2cccs2)CC12CCN(c1ccc(C#N)c(C(F)(F)F)c1)CC2. The number of anilines is 1. The fourth-order valence-corrected chi connectivity index (χ4v) is 6.07. The van der Waals surface area contributed by atoms with E-state index in [-0.39, 0.29) is 11.0 Å². The Bertz CT molecular complexity index is 982. The number of methoxy groups -OCH3 is 1. The summed E-state index contributed by atoms with van der Waals surface area (Å²) in [4.78, 5) is 5.85. The molecule has 5 nitrogen and oxygen atoms in total. The molecule has 4 rings (SSSR count). The van der Waals surface area contributed by atoms with Crippen molar-refractivity contribution in [1.82, 2.24) is 4.90 Å². The standard InChI is InChI=1S/C25H30F3N3O2S/c1-32-10-11-33-17-20-15-30(16-22-3-2-12-34-22)18-24(20)6-8-31(9-7-24)21-5-4-19(14-29)23(13-21)25(26,27)28/h2-5,12-13,20H,6-11,15-18H2,1H3. The van der Waals surface area contributed by atoms with Crippen LogP contribution in [0.2, 0.25) is 0 Å². The van der Waals surface area contributed by atoms with E-state index in [4.69, 9.17) is 14.7 Å². The maximum Gasteiger partial charge on any atom is 0.417 e. The predicted octanol–water partition coefficient (Wildman–Crippen LogP) is 5.02. The summed E-state index contributed by atoms with van der Waals surface area (Å²) in [5.74, 6) is 0.373. The summed E-state index contributed by atoms with van der Waals surface area (Å²) in [6, 6.07) is 9.94. The van der Waals surface area contributed by atoms with Gasteiger partial charge in [-0.15, -0.1) is 11.3 Å². The molecular weight excluding hydrogens is 463 g/mol. The van der Waals surface area contributed by atoms with Crippen molar-refractivity contribution in [3.05, 3.63) is 51.7 Å². The minimum atomic E-state index is -4.55. The topological polar surface area (TPSA) is 48.7 Å². The Morgan fingerprint density at radius 3 is 2.65 bits per heavy atom. The molecule has 2 aliphatic rings. The molecule has 0 N–H and O–H groups in total. The van der Waals surface area contributed by atoms with Gasteiger partial charge in [-0.3, -0.25) is 4.90 Å². The summed E-state index contributed by atoms with van der Waals surface area (Å²) in [6.45, 7) is 6.01. The molecule has 9 heteroatoms. The number of nitrogens with zero attached hydrogens (tertiary/aromatic N) is 3. The third kappa shape index (κ3) is 5.57. The number of thiophene rings is 1. The van der Waals surface area contributed by atoms with E-state index in [1.54, 1.807) is 30.6 Å². The van der Waals surface area contributed by atoms with Gasteiger partial charge < -0.3 is 14.4 Å². The highest BCUT2D eigenvalue weighted by Gasteiger charge is 2.48. The zero-order valence-corrected chi connectivity index (χ0v) is 20.1. The lowest BCUT2D eigenvalue weighted by Crippen LogP contribution is -2.45. The second-order valence-corrected chi connectivity index (χ2v) is 10.2. The fraction of sp³-hybridized carbons (Fsp3) is 0.560. The van der Waals surface area contributed by atoms with Crippen LogP contribution in [0.5, 0.6) is 0 Å². The zero-order valence-electron chi connectivity index (χ0n) is 19.3. The molecule has 184 valence electrons. The lowest BCUT2D eigenvalue weighted by molar-refractivity contribution is -0.137. The fourth-order valence-electron chi connectivity index (χ4n) is 5.32. The van der Waals surface area contributed by atoms with Gasteiger partial charge in [0.05, 0.1) is 37.0 Å². The number of piperidine rings is 1. The Morgan fingerprint density at radius 1 is 1.21 bits per heavy atom. The average molecular weight is 494 g/mol. The number of benzene rings is 1. The van der Waals surface area contributed by atoms with E-state index in [1.165, 1.54) is 10.9 Å². The summed E-state index contributed by atoms with van der Waals surface area (Å²) in [7, 11) is 1.66. The Hall–Kier alpha value is -2.12. The van der Waals surface area contributed by atoms with Crippen LogP contribution >= 0.6 is 11.3 Å². The maximum absolute atomic E-state index is 13.4. The highest BCUT2D eigenvalue weighted by atomic mass is 32.1. The molecule has 34 heavy (non-hydrogen) atoms. The van der Waals surface area contributed by atoms with Crippen molar-refractivity contribution in [2.24, 2.45) is 11.3 Å². The van der Waals surface area contributed by atoms with Crippen molar-refractivity contribution in [3.63, 3.8) is 0 Å². The molecule has 1 aromatic heterocycles. The summed E-state index contributed by atoms with van der Waals surface area (Å²) in [5.41, 5.74) is -0.582. The quantitative estimate of drug-likeness (QED) is 0.484. The summed E-state index contributed by atoms with van der Waals surface area (Å²) in [5, 5.41) is 11.2. The lowest BCUT2D eigenvalue weighted by Gasteiger charge is -2.43. The molecular formula is C25H30F3N3O2S. The number of nitriles is 1. The van der Waals surface area contributed by atoms with Crippen LogP contribution in [0.3, 0.4) is 0 Å². The molecule has 2 aliphatic heterocycles. The number of halogens is 3. The van der Waals surface area contributed by atoms with E-state index < -0.39 is 11.7 Å². The van der Waals surface area contributed by atoms with Crippen molar-refractivity contribution >= 4 is 17.0 Å². The molecule has 2 fully saturated rings. The molecule has 0 bridgehead atoms. The highest BCUT2D eigenvalue weighted by Crippen LogP contribution is 2.46. The van der Waals surface area contributed by atoms with Gasteiger partial charge in [-0.25, -0.2) is 0 Å². The van der Waals surface area contributed by atoms with E-state index >= 15 is 0 Å². The molecule has 3 heterocycles. The third-order valence-electron chi connectivity index (χ3n) is 7.15. The van der Waals surface area contributed by atoms with Crippen molar-refractivity contribution in [3.8, 4) is 6.07 Å². The van der Waals surface area contributed by atoms with Crippen molar-refractivity contribution in [2.45, 2.75) is 25.6 Å². The number of hydrogen-bond acceptors (Lipinski definition) is 6. The van der Waals surface area contributed by atoms with E-state index in [0.29, 0.717) is 44.5 Å². The highest BCUT2D eigenvalue weighted by molar-refractivity contribution is 7.09. The minimum Gasteiger partial charge on any atom is -0.382 e. The van der Waals surface area contributed by atoms with Gasteiger partial charge >= 0.3 is 6.18 Å². The van der Waals surface area contributed by atoms with Crippen molar-refractivity contribution < 1.29 is 22.6 Å². The van der Waals surface area contributed by atoms with Gasteiger partial charge in [-0.2, -0.15) is 18.4 Å². The normalized spacial score (nSPS) is 20.7.